The lowest BCUT2D eigenvalue weighted by molar-refractivity contribution is 0.0694. The smallest absolute Gasteiger partial charge is 0.341 e. The Balaban J connectivity index is 2.71. The Kier molecular flexibility index (Phi) is 6.66. The van der Waals surface area contributed by atoms with Crippen LogP contribution in [0, 0.1) is 5.92 Å². The molecule has 0 aliphatic heterocycles. The summed E-state index contributed by atoms with van der Waals surface area (Å²) in [7, 11) is -2.05. The number of hydrogen-bond donors (Lipinski definition) is 2. The number of nitrogens with one attached hydrogen (secondary N) is 1. The Morgan fingerprint density at radius 3 is 2.38 bits per heavy atom. The summed E-state index contributed by atoms with van der Waals surface area (Å²) in [6.45, 7) is 15.1. The van der Waals surface area contributed by atoms with Gasteiger partial charge in [-0.1, -0.05) is 34.6 Å². The predicted octanol–water partition coefficient (Wildman–Crippen LogP) is 4.37. The van der Waals surface area contributed by atoms with Gasteiger partial charge in [-0.2, -0.15) is 0 Å². The first kappa shape index (κ1) is 23.6. The summed E-state index contributed by atoms with van der Waals surface area (Å²) in [6.07, 6.45) is 1.32. The van der Waals surface area contributed by atoms with Gasteiger partial charge < -0.3 is 19.1 Å². The Hall–Kier alpha value is -1.71. The number of aromatic nitrogens is 2. The van der Waals surface area contributed by atoms with E-state index in [-0.39, 0.29) is 38.0 Å². The molecule has 0 amide bonds. The topological polar surface area (TPSA) is 101 Å². The number of H-pyrrole nitrogens is 1. The third kappa shape index (κ3) is 4.72. The molecule has 0 aliphatic carbocycles. The maximum absolute atomic E-state index is 12.7. The second kappa shape index (κ2) is 8.20. The van der Waals surface area contributed by atoms with Crippen LogP contribution >= 0.6 is 15.9 Å². The number of fused-ring (bicyclic) bond motifs is 1. The highest BCUT2D eigenvalue weighted by Gasteiger charge is 2.38. The number of carbonyl (C=O) groups is 1. The predicted molar refractivity (Wildman–Crippen MR) is 121 cm³/mol. The lowest BCUT2D eigenvalue weighted by Gasteiger charge is -2.38. The van der Waals surface area contributed by atoms with Crippen molar-refractivity contribution in [1.29, 1.82) is 0 Å². The fraction of sp³-hybridized carbons (Fsp3) is 0.550. The van der Waals surface area contributed by atoms with Gasteiger partial charge in [-0.05, 0) is 46.0 Å². The minimum absolute atomic E-state index is 0.0194. The summed E-state index contributed by atoms with van der Waals surface area (Å²) in [4.78, 5) is 39.3. The molecule has 9 heteroatoms. The second-order valence-electron chi connectivity index (χ2n) is 9.18. The fourth-order valence-electron chi connectivity index (χ4n) is 2.80. The molecule has 0 saturated carbocycles. The maximum Gasteiger partial charge on any atom is 0.341 e. The van der Waals surface area contributed by atoms with Gasteiger partial charge in [0.15, 0.2) is 8.32 Å². The zero-order chi connectivity index (χ0) is 22.3. The van der Waals surface area contributed by atoms with E-state index >= 15 is 0 Å². The number of carboxylic acids is 1. The van der Waals surface area contributed by atoms with Crippen molar-refractivity contribution in [2.45, 2.75) is 58.8 Å². The van der Waals surface area contributed by atoms with Gasteiger partial charge in [-0.3, -0.25) is 9.59 Å². The van der Waals surface area contributed by atoms with Crippen LogP contribution in [0.25, 0.3) is 11.0 Å². The number of pyridine rings is 2. The lowest BCUT2D eigenvalue weighted by atomic mass is 10.0. The number of aromatic carboxylic acids is 1. The number of halogens is 1. The summed E-state index contributed by atoms with van der Waals surface area (Å²) >= 11 is 3.12. The van der Waals surface area contributed by atoms with Gasteiger partial charge in [-0.15, -0.1) is 0 Å². The number of carboxylic acid groups (broad SMARTS) is 1. The highest BCUT2D eigenvalue weighted by atomic mass is 79.9. The zero-order valence-corrected chi connectivity index (χ0v) is 20.5. The first-order valence-electron chi connectivity index (χ1n) is 9.52. The van der Waals surface area contributed by atoms with Gasteiger partial charge in [0.1, 0.15) is 11.2 Å². The van der Waals surface area contributed by atoms with Crippen molar-refractivity contribution in [1.82, 2.24) is 9.55 Å². The van der Waals surface area contributed by atoms with Crippen molar-refractivity contribution in [3.05, 3.63) is 42.9 Å². The largest absolute Gasteiger partial charge is 0.477 e. The molecule has 2 aromatic rings. The van der Waals surface area contributed by atoms with Crippen LogP contribution in [0.4, 0.5) is 0 Å². The zero-order valence-electron chi connectivity index (χ0n) is 17.9. The third-order valence-corrected chi connectivity index (χ3v) is 10.9. The number of rotatable bonds is 6. The van der Waals surface area contributed by atoms with Gasteiger partial charge >= 0.3 is 5.97 Å². The molecular formula is C20H29BrN2O5Si. The summed E-state index contributed by atoms with van der Waals surface area (Å²) in [5.41, 5.74) is -1.06. The number of nitrogens with zero attached hydrogens (tertiary/aromatic N) is 1. The highest BCUT2D eigenvalue weighted by Crippen LogP contribution is 2.37. The van der Waals surface area contributed by atoms with Crippen LogP contribution < -0.4 is 11.0 Å². The molecule has 0 aliphatic rings. The molecule has 2 aromatic heterocycles. The van der Waals surface area contributed by atoms with Gasteiger partial charge in [-0.25, -0.2) is 4.79 Å². The van der Waals surface area contributed by atoms with Crippen molar-refractivity contribution in [3.63, 3.8) is 0 Å². The van der Waals surface area contributed by atoms with Crippen LogP contribution in [-0.2, 0) is 4.43 Å². The van der Waals surface area contributed by atoms with Crippen LogP contribution in [0.2, 0.25) is 18.1 Å². The van der Waals surface area contributed by atoms with Gasteiger partial charge in [0, 0.05) is 6.20 Å². The van der Waals surface area contributed by atoms with E-state index in [9.17, 15) is 19.5 Å². The molecule has 0 radical (unpaired) electrons. The summed E-state index contributed by atoms with van der Waals surface area (Å²) in [5, 5.41) is 9.71. The van der Waals surface area contributed by atoms with E-state index in [1.165, 1.54) is 12.3 Å². The molecule has 0 bridgehead atoms. The van der Waals surface area contributed by atoms with Crippen LogP contribution in [0.3, 0.4) is 0 Å². The van der Waals surface area contributed by atoms with Gasteiger partial charge in [0.25, 0.3) is 5.56 Å². The minimum Gasteiger partial charge on any atom is -0.477 e. The average molecular weight is 485 g/mol. The van der Waals surface area contributed by atoms with Crippen molar-refractivity contribution in [3.8, 4) is 0 Å². The van der Waals surface area contributed by atoms with Gasteiger partial charge in [0.2, 0.25) is 5.43 Å². The Morgan fingerprint density at radius 1 is 1.31 bits per heavy atom. The summed E-state index contributed by atoms with van der Waals surface area (Å²) in [6, 6.07) is 1.12. The van der Waals surface area contributed by atoms with E-state index in [0.29, 0.717) is 12.3 Å². The molecule has 0 fully saturated rings. The number of hydrogen-bond acceptors (Lipinski definition) is 4. The van der Waals surface area contributed by atoms with Crippen LogP contribution in [0.1, 0.15) is 51.0 Å². The molecule has 29 heavy (non-hydrogen) atoms. The lowest BCUT2D eigenvalue weighted by Crippen LogP contribution is -2.42. The van der Waals surface area contributed by atoms with E-state index in [1.54, 1.807) is 4.57 Å². The third-order valence-electron chi connectivity index (χ3n) is 5.77. The fourth-order valence-corrected chi connectivity index (χ4v) is 4.15. The van der Waals surface area contributed by atoms with E-state index in [1.807, 2.05) is 13.8 Å². The van der Waals surface area contributed by atoms with E-state index < -0.39 is 19.7 Å². The van der Waals surface area contributed by atoms with Crippen LogP contribution in [-0.4, -0.2) is 35.6 Å². The SMILES string of the molecule is CC(C)C(CO[Si](C)(C)C(C)(C)C)n1cc(C(=O)O)c(=O)c2cc(Br)c(=O)[nH]c21. The molecule has 0 spiro atoms. The first-order chi connectivity index (χ1) is 13.2. The molecule has 1 unspecified atom stereocenters. The quantitative estimate of drug-likeness (QED) is 0.592. The number of aromatic amines is 1. The molecule has 1 atom stereocenters. The standard InChI is InChI=1S/C20H29BrN2O5Si/c1-11(2)15(10-28-29(6,7)20(3,4)5)23-9-13(19(26)27)16(24)12-8-14(21)18(25)22-17(12)23/h8-9,11,15H,10H2,1-7H3,(H,22,25)(H,26,27). The van der Waals surface area contributed by atoms with Gasteiger partial charge in [0.05, 0.1) is 22.5 Å². The Labute approximate surface area is 179 Å². The van der Waals surface area contributed by atoms with E-state index in [0.717, 1.165) is 0 Å². The molecule has 0 aromatic carbocycles. The van der Waals surface area contributed by atoms with Crippen LogP contribution in [0.5, 0.6) is 0 Å². The minimum atomic E-state index is -2.05. The monoisotopic (exact) mass is 484 g/mol. The normalized spacial score (nSPS) is 13.8. The van der Waals surface area contributed by atoms with Crippen molar-refractivity contribution in [2.24, 2.45) is 5.92 Å². The maximum atomic E-state index is 12.7. The van der Waals surface area contributed by atoms with Crippen molar-refractivity contribution in [2.75, 3.05) is 6.61 Å². The molecule has 2 rings (SSSR count). The highest BCUT2D eigenvalue weighted by molar-refractivity contribution is 9.10. The van der Waals surface area contributed by atoms with E-state index in [4.69, 9.17) is 4.43 Å². The molecule has 2 heterocycles. The molecule has 160 valence electrons. The average Bonchev–Trinajstić information content (AvgIpc) is 2.56. The Morgan fingerprint density at radius 2 is 1.90 bits per heavy atom. The molecule has 0 saturated heterocycles. The van der Waals surface area contributed by atoms with Crippen LogP contribution in [0.15, 0.2) is 26.3 Å². The first-order valence-corrected chi connectivity index (χ1v) is 13.2. The molecule has 2 N–H and O–H groups in total. The van der Waals surface area contributed by atoms with Crippen molar-refractivity contribution >= 4 is 41.3 Å². The second-order valence-corrected chi connectivity index (χ2v) is 14.8. The summed E-state index contributed by atoms with van der Waals surface area (Å²) < 4.78 is 8.24. The summed E-state index contributed by atoms with van der Waals surface area (Å²) in [5.74, 6) is -1.24. The molecule has 7 nitrogen and oxygen atoms in total. The van der Waals surface area contributed by atoms with E-state index in [2.05, 4.69) is 54.8 Å². The Bertz CT molecular complexity index is 1050. The van der Waals surface area contributed by atoms with Crippen molar-refractivity contribution < 1.29 is 14.3 Å². The molecular weight excluding hydrogens is 456 g/mol.